The number of hydrogen-bond donors (Lipinski definition) is 9. The monoisotopic (exact) mass is 1280 g/mol. The van der Waals surface area contributed by atoms with Crippen LogP contribution in [-0.2, 0) is 14.2 Å². The van der Waals surface area contributed by atoms with Gasteiger partial charge < -0.3 is 79.0 Å². The van der Waals surface area contributed by atoms with Crippen molar-refractivity contribution in [1.82, 2.24) is 18.3 Å². The molecule has 0 spiro atoms. The minimum atomic E-state index is -1.23. The number of pyridine rings is 4. The third-order valence-corrected chi connectivity index (χ3v) is 15.1. The number of hydrogen-bond acceptors (Lipinski definition) is 20. The lowest BCUT2D eigenvalue weighted by atomic mass is 10.2. The number of nitrogens with one attached hydrogen (secondary N) is 1. The minimum Gasteiger partial charge on any atom is -0.477 e. The van der Waals surface area contributed by atoms with Crippen LogP contribution in [0.1, 0.15) is 172 Å². The molecule has 10 atom stereocenters. The summed E-state index contributed by atoms with van der Waals surface area (Å²) in [6.45, 7) is 5.26. The van der Waals surface area contributed by atoms with Gasteiger partial charge in [-0.25, -0.2) is 24.0 Å². The summed E-state index contributed by atoms with van der Waals surface area (Å²) in [4.78, 5) is 103. The van der Waals surface area contributed by atoms with Gasteiger partial charge in [-0.2, -0.15) is 0 Å². The summed E-state index contributed by atoms with van der Waals surface area (Å²) < 4.78 is 24.2. The number of esters is 2. The number of nitrogen functional groups attached to an aromatic ring is 1. The summed E-state index contributed by atoms with van der Waals surface area (Å²) in [7, 11) is 2.44. The highest BCUT2D eigenvalue weighted by Crippen LogP contribution is 2.32. The molecule has 1 amide bonds. The highest BCUT2D eigenvalue weighted by molar-refractivity contribution is 5.89. The van der Waals surface area contributed by atoms with Crippen LogP contribution in [0, 0.1) is 0 Å². The number of aromatic carboxylic acids is 1. The summed E-state index contributed by atoms with van der Waals surface area (Å²) in [5, 5.41) is 59.2. The van der Waals surface area contributed by atoms with Gasteiger partial charge in [0.15, 0.2) is 0 Å². The molecular formula is C60H83Cl2N7O19. The number of anilines is 2. The molecule has 486 valence electrons. The van der Waals surface area contributed by atoms with Gasteiger partial charge in [0.2, 0.25) is 0 Å². The standard InChI is InChI=1S/C15H22N2O4.C12H15NO4.C11H13NO4.C10H14N2O2.C7H6O4.C5H11NO.2ClH/c1-15(2,3)21-14(20)16-10-6-5-9-17(13(10)19)11-7-4-8-12(11)18;1-17-12(16)8-4-3-7-13(11(8)15)9-5-2-6-10(9)14;13-9-5-1-4-8(9)12-6-2-3-7(10(12)14)11(15)16;11-7-3-2-6-12(10(7)14)8-4-1-5-9(8)13;1-10-6(8)5-3-2-4-11-7(5)9;6-4-2-1-3-5(4)7;;/h5-6,9,11-12,18H,4,7-8H2,1-3H3,(H,16,20);3-4,7,9-10,14H,2,5-6H2,1H3;2-3,6,8-9,13H,1,4-5H2,(H,15,16);2-3,6,8-9,13H,1,4-5,11H2;2-4H,1H3;4-5,7H,1-3,6H2;2*1H/t11-,12+;9-,10+;2*8-,9+;;4-,5+;;/m0000.0../s1. The molecule has 5 saturated carbocycles. The van der Waals surface area contributed by atoms with Gasteiger partial charge in [0, 0.05) is 30.8 Å². The Kier molecular flexibility index (Phi) is 30.2. The predicted molar refractivity (Wildman–Crippen MR) is 330 cm³/mol. The quantitative estimate of drug-likeness (QED) is 0.0704. The summed E-state index contributed by atoms with van der Waals surface area (Å²) >= 11 is 0. The maximum Gasteiger partial charge on any atom is 0.412 e. The Labute approximate surface area is 519 Å². The van der Waals surface area contributed by atoms with Crippen molar-refractivity contribution >= 4 is 60.2 Å². The van der Waals surface area contributed by atoms with Crippen LogP contribution >= 0.6 is 24.8 Å². The molecule has 5 aromatic heterocycles. The second kappa shape index (κ2) is 35.5. The van der Waals surface area contributed by atoms with Crippen molar-refractivity contribution in [2.45, 2.75) is 183 Å². The van der Waals surface area contributed by atoms with Crippen LogP contribution in [0.2, 0.25) is 0 Å². The van der Waals surface area contributed by atoms with E-state index in [1.807, 2.05) is 0 Å². The van der Waals surface area contributed by atoms with Crippen LogP contribution in [0.15, 0.2) is 120 Å². The zero-order chi connectivity index (χ0) is 63.4. The number of nitrogens with two attached hydrogens (primary N) is 2. The number of carboxylic acids is 1. The zero-order valence-electron chi connectivity index (χ0n) is 49.8. The molecule has 0 aromatic carbocycles. The van der Waals surface area contributed by atoms with Crippen LogP contribution in [0.5, 0.6) is 0 Å². The lowest BCUT2D eigenvalue weighted by Gasteiger charge is -2.21. The van der Waals surface area contributed by atoms with Gasteiger partial charge in [-0.3, -0.25) is 24.5 Å². The van der Waals surface area contributed by atoms with Crippen molar-refractivity contribution in [1.29, 1.82) is 0 Å². The first-order chi connectivity index (χ1) is 40.8. The van der Waals surface area contributed by atoms with Gasteiger partial charge in [-0.15, -0.1) is 24.8 Å². The lowest BCUT2D eigenvalue weighted by molar-refractivity contribution is 0.0587. The molecule has 0 aliphatic heterocycles. The molecule has 5 aromatic rings. The van der Waals surface area contributed by atoms with Crippen LogP contribution in [0.25, 0.3) is 0 Å². The Bertz CT molecular complexity index is 3370. The number of halogens is 2. The number of amides is 1. The molecule has 88 heavy (non-hydrogen) atoms. The number of nitrogens with zero attached hydrogens (tertiary/aromatic N) is 4. The normalized spacial score (nSPS) is 23.0. The van der Waals surface area contributed by atoms with Crippen molar-refractivity contribution in [3.63, 3.8) is 0 Å². The number of aromatic nitrogens is 4. The topological polar surface area (TPSA) is 400 Å². The predicted octanol–water partition coefficient (Wildman–Crippen LogP) is 5.28. The summed E-state index contributed by atoms with van der Waals surface area (Å²) in [6.07, 6.45) is 17.3. The highest BCUT2D eigenvalue weighted by Gasteiger charge is 2.32. The molecule has 5 fully saturated rings. The van der Waals surface area contributed by atoms with E-state index in [0.29, 0.717) is 25.7 Å². The Morgan fingerprint density at radius 2 is 0.898 bits per heavy atom. The van der Waals surface area contributed by atoms with E-state index in [2.05, 4.69) is 19.2 Å². The van der Waals surface area contributed by atoms with Crippen LogP contribution in [0.3, 0.4) is 0 Å². The lowest BCUT2D eigenvalue weighted by Crippen LogP contribution is -2.33. The number of carbonyl (C=O) groups is 4. The largest absolute Gasteiger partial charge is 0.477 e. The highest BCUT2D eigenvalue weighted by atomic mass is 35.5. The number of carboxylic acid groups (broad SMARTS) is 1. The molecule has 26 nitrogen and oxygen atoms in total. The van der Waals surface area contributed by atoms with E-state index < -0.39 is 70.8 Å². The van der Waals surface area contributed by atoms with Crippen molar-refractivity contribution in [3.05, 3.63) is 160 Å². The molecule has 11 N–H and O–H groups in total. The van der Waals surface area contributed by atoms with Crippen molar-refractivity contribution in [2.75, 3.05) is 25.3 Å². The number of rotatable bonds is 8. The first kappa shape index (κ1) is 74.8. The maximum absolute atomic E-state index is 12.4. The fourth-order valence-corrected chi connectivity index (χ4v) is 10.6. The SMILES string of the molecule is CC(C)(C)OC(=O)Nc1cccn([C@H]2CCC[C@H]2O)c1=O.COC(=O)c1cccn([C@H]2CCC[C@H]2O)c1=O.COC(=O)c1cccoc1=O.Cl.Cl.N[C@H]1CCC[C@H]1O.Nc1cccn([C@H]2CCC[C@H]2O)c1=O.O=C(O)c1cccn([C@H]2CCC[C@H]2O)c1=O. The van der Waals surface area contributed by atoms with Crippen molar-refractivity contribution < 1.29 is 68.4 Å². The van der Waals surface area contributed by atoms with Crippen LogP contribution in [0.4, 0.5) is 16.2 Å². The van der Waals surface area contributed by atoms with E-state index in [-0.39, 0.29) is 100 Å². The Morgan fingerprint density at radius 3 is 1.27 bits per heavy atom. The van der Waals surface area contributed by atoms with Gasteiger partial charge in [0.1, 0.15) is 28.0 Å². The molecule has 0 unspecified atom stereocenters. The summed E-state index contributed by atoms with van der Waals surface area (Å²) in [5.74, 6) is -2.55. The molecule has 10 rings (SSSR count). The molecule has 0 radical (unpaired) electrons. The molecule has 5 aliphatic carbocycles. The van der Waals surface area contributed by atoms with Crippen molar-refractivity contribution in [2.24, 2.45) is 5.73 Å². The zero-order valence-corrected chi connectivity index (χ0v) is 51.4. The molecular weight excluding hydrogens is 1190 g/mol. The minimum absolute atomic E-state index is 0. The molecule has 5 heterocycles. The van der Waals surface area contributed by atoms with Gasteiger partial charge >= 0.3 is 29.6 Å². The summed E-state index contributed by atoms with van der Waals surface area (Å²) in [5.41, 5.74) is 8.25. The number of carbonyl (C=O) groups excluding carboxylic acids is 3. The average molecular weight is 1280 g/mol. The average Bonchev–Trinajstić information content (AvgIpc) is 4.35. The smallest absolute Gasteiger partial charge is 0.412 e. The second-order valence-electron chi connectivity index (χ2n) is 22.2. The van der Waals surface area contributed by atoms with E-state index >= 15 is 0 Å². The first-order valence-electron chi connectivity index (χ1n) is 28.5. The molecule has 28 heteroatoms. The number of methoxy groups -OCH3 is 2. The fraction of sp³-hybridized carbons (Fsp3) is 0.517. The molecule has 0 saturated heterocycles. The third-order valence-electron chi connectivity index (χ3n) is 15.1. The Morgan fingerprint density at radius 1 is 0.523 bits per heavy atom. The van der Waals surface area contributed by atoms with Gasteiger partial charge in [0.25, 0.3) is 22.2 Å². The first-order valence-corrected chi connectivity index (χ1v) is 28.5. The van der Waals surface area contributed by atoms with Crippen LogP contribution < -0.4 is 44.6 Å². The van der Waals surface area contributed by atoms with Gasteiger partial charge in [0.05, 0.1) is 80.9 Å². The van der Waals surface area contributed by atoms with Crippen molar-refractivity contribution in [3.8, 4) is 0 Å². The molecule has 5 aliphatic rings. The van der Waals surface area contributed by atoms with E-state index in [9.17, 15) is 63.6 Å². The second-order valence-corrected chi connectivity index (χ2v) is 22.2. The van der Waals surface area contributed by atoms with E-state index in [0.717, 1.165) is 70.6 Å². The van der Waals surface area contributed by atoms with Crippen LogP contribution in [-0.4, -0.2) is 129 Å². The number of aliphatic hydroxyl groups is 5. The fourth-order valence-electron chi connectivity index (χ4n) is 10.6. The van der Waals surface area contributed by atoms with E-state index in [1.54, 1.807) is 68.2 Å². The molecule has 0 bridgehead atoms. The summed E-state index contributed by atoms with van der Waals surface area (Å²) in [6, 6.07) is 14.4. The van der Waals surface area contributed by atoms with E-state index in [4.69, 9.17) is 26.4 Å². The Balaban J connectivity index is 0.000000281. The Hall–Kier alpha value is -7.43. The van der Waals surface area contributed by atoms with Gasteiger partial charge in [-0.05, 0) is 178 Å². The number of aliphatic hydroxyl groups excluding tert-OH is 5. The number of ether oxygens (including phenoxy) is 3. The van der Waals surface area contributed by atoms with Gasteiger partial charge in [-0.1, -0.05) is 0 Å². The van der Waals surface area contributed by atoms with E-state index in [1.165, 1.54) is 76.8 Å². The maximum atomic E-state index is 12.4. The third kappa shape index (κ3) is 20.9.